The van der Waals surface area contributed by atoms with E-state index < -0.39 is 0 Å². The smallest absolute Gasteiger partial charge is 0.659 e. The molecule has 0 saturated carbocycles. The second-order valence-corrected chi connectivity index (χ2v) is 2.86. The zero-order valence-electron chi connectivity index (χ0n) is 9.06. The molecule has 0 aromatic carbocycles. The average molecular weight is 240 g/mol. The predicted molar refractivity (Wildman–Crippen MR) is 52.0 cm³/mol. The molecule has 1 aliphatic heterocycles. The zero-order chi connectivity index (χ0) is 8.69. The van der Waals surface area contributed by atoms with Crippen LogP contribution < -0.4 is 58.2 Å². The third kappa shape index (κ3) is 8.12. The fourth-order valence-electron chi connectivity index (χ4n) is 1.26. The van der Waals surface area contributed by atoms with Crippen LogP contribution in [0, 0.1) is 0 Å². The fourth-order valence-corrected chi connectivity index (χ4v) is 1.26. The molecule has 0 aliphatic carbocycles. The van der Waals surface area contributed by atoms with Crippen LogP contribution >= 0.6 is 0 Å². The Hall–Kier alpha value is 1.51. The molecule has 0 radical (unpaired) electrons. The predicted octanol–water partition coefficient (Wildman–Crippen LogP) is 0.519. The van der Waals surface area contributed by atoms with E-state index in [1.807, 2.05) is 13.8 Å². The summed E-state index contributed by atoms with van der Waals surface area (Å²) in [5, 5.41) is 4.42. The normalized spacial score (nSPS) is 20.4. The summed E-state index contributed by atoms with van der Waals surface area (Å²) in [6.45, 7) is 11.0. The van der Waals surface area contributed by atoms with Crippen molar-refractivity contribution in [3.63, 3.8) is 0 Å². The molecule has 1 heterocycles. The van der Waals surface area contributed by atoms with E-state index in [2.05, 4.69) is 18.8 Å². The Kier molecular flexibility index (Phi) is 14.1. The van der Waals surface area contributed by atoms with Gasteiger partial charge in [-0.2, -0.15) is 0 Å². The van der Waals surface area contributed by atoms with Gasteiger partial charge in [-0.3, -0.25) is 0 Å². The van der Waals surface area contributed by atoms with Gasteiger partial charge in [0.15, 0.2) is 0 Å². The second-order valence-electron chi connectivity index (χ2n) is 2.86. The Balaban J connectivity index is 0. The molecule has 0 aromatic rings. The van der Waals surface area contributed by atoms with Gasteiger partial charge in [-0.25, -0.2) is 0 Å². The van der Waals surface area contributed by atoms with Crippen molar-refractivity contribution in [1.29, 1.82) is 0 Å². The Morgan fingerprint density at radius 3 is 2.42 bits per heavy atom. The van der Waals surface area contributed by atoms with Crippen molar-refractivity contribution in [3.8, 4) is 0 Å². The maximum atomic E-state index is 4.42. The van der Waals surface area contributed by atoms with Gasteiger partial charge in [0.2, 0.25) is 0 Å². The van der Waals surface area contributed by atoms with E-state index in [1.165, 1.54) is 18.4 Å². The first kappa shape index (κ1) is 16.0. The molecule has 1 saturated heterocycles. The summed E-state index contributed by atoms with van der Waals surface area (Å²) in [7, 11) is 0. The van der Waals surface area contributed by atoms with E-state index in [9.17, 15) is 0 Å². The Labute approximate surface area is 126 Å². The molecule has 12 heavy (non-hydrogen) atoms. The third-order valence-electron chi connectivity index (χ3n) is 1.67. The quantitative estimate of drug-likeness (QED) is 0.624. The van der Waals surface area contributed by atoms with Gasteiger partial charge in [-0.1, -0.05) is 32.3 Å². The summed E-state index contributed by atoms with van der Waals surface area (Å²) < 4.78 is 0. The molecular weight excluding hydrogens is 220 g/mol. The minimum atomic E-state index is 0. The van der Waals surface area contributed by atoms with Gasteiger partial charge in [0.25, 0.3) is 0 Å². The first-order valence-corrected chi connectivity index (χ1v) is 4.60. The molecule has 0 amide bonds. The van der Waals surface area contributed by atoms with Crippen LogP contribution in [-0.2, 0) is 0 Å². The van der Waals surface area contributed by atoms with Crippen LogP contribution in [0.5, 0.6) is 0 Å². The summed E-state index contributed by atoms with van der Waals surface area (Å²) in [5.74, 6) is 0. The first-order valence-electron chi connectivity index (χ1n) is 4.60. The summed E-state index contributed by atoms with van der Waals surface area (Å²) >= 11 is 0. The van der Waals surface area contributed by atoms with E-state index in [0.29, 0.717) is 6.04 Å². The van der Waals surface area contributed by atoms with E-state index in [0.717, 1.165) is 13.0 Å². The molecule has 1 aliphatic rings. The van der Waals surface area contributed by atoms with E-state index >= 15 is 0 Å². The van der Waals surface area contributed by atoms with Crippen LogP contribution in [0.15, 0.2) is 12.2 Å². The molecular formula is C10H20NRb. The molecule has 1 nitrogen and oxygen atoms in total. The molecule has 1 atom stereocenters. The van der Waals surface area contributed by atoms with Crippen molar-refractivity contribution in [2.45, 2.75) is 46.1 Å². The van der Waals surface area contributed by atoms with Crippen molar-refractivity contribution in [3.05, 3.63) is 17.5 Å². The number of hydrogen-bond donors (Lipinski definition) is 0. The van der Waals surface area contributed by atoms with Crippen molar-refractivity contribution in [1.82, 2.24) is 0 Å². The average Bonchev–Trinajstić information content (AvgIpc) is 2.43. The number of rotatable bonds is 2. The molecule has 1 rings (SSSR count). The third-order valence-corrected chi connectivity index (χ3v) is 1.67. The van der Waals surface area contributed by atoms with Crippen LogP contribution in [0.1, 0.15) is 40.0 Å². The molecule has 0 aromatic heterocycles. The monoisotopic (exact) mass is 239 g/mol. The molecule has 0 bridgehead atoms. The van der Waals surface area contributed by atoms with Crippen LogP contribution in [0.4, 0.5) is 0 Å². The largest absolute Gasteiger partial charge is 1.00 e. The zero-order valence-corrected chi connectivity index (χ0v) is 14.0. The van der Waals surface area contributed by atoms with E-state index in [-0.39, 0.29) is 58.2 Å². The van der Waals surface area contributed by atoms with Crippen LogP contribution in [0.25, 0.3) is 5.32 Å². The first-order chi connectivity index (χ1) is 5.29. The van der Waals surface area contributed by atoms with Gasteiger partial charge in [-0.15, -0.1) is 19.2 Å². The van der Waals surface area contributed by atoms with Crippen LogP contribution in [-0.4, -0.2) is 12.6 Å². The molecule has 0 N–H and O–H groups in total. The SMILES string of the molecule is C=C(C)CC1CCC[N-]1.CC.[Rb+]. The fraction of sp³-hybridized carbons (Fsp3) is 0.800. The Bertz CT molecular complexity index is 106. The maximum absolute atomic E-state index is 4.42. The molecule has 0 spiro atoms. The van der Waals surface area contributed by atoms with Gasteiger partial charge < -0.3 is 5.32 Å². The van der Waals surface area contributed by atoms with E-state index in [1.54, 1.807) is 0 Å². The van der Waals surface area contributed by atoms with Gasteiger partial charge in [0.05, 0.1) is 0 Å². The Morgan fingerprint density at radius 1 is 1.50 bits per heavy atom. The van der Waals surface area contributed by atoms with Crippen molar-refractivity contribution < 1.29 is 58.2 Å². The maximum Gasteiger partial charge on any atom is 1.00 e. The van der Waals surface area contributed by atoms with Crippen molar-refractivity contribution >= 4 is 0 Å². The minimum Gasteiger partial charge on any atom is -0.659 e. The summed E-state index contributed by atoms with van der Waals surface area (Å²) in [6.07, 6.45) is 3.69. The van der Waals surface area contributed by atoms with Gasteiger partial charge >= 0.3 is 58.2 Å². The summed E-state index contributed by atoms with van der Waals surface area (Å²) in [5.41, 5.74) is 1.27. The molecule has 1 unspecified atom stereocenters. The second kappa shape index (κ2) is 10.6. The van der Waals surface area contributed by atoms with Gasteiger partial charge in [0.1, 0.15) is 0 Å². The van der Waals surface area contributed by atoms with Crippen molar-refractivity contribution in [2.24, 2.45) is 0 Å². The Morgan fingerprint density at radius 2 is 2.08 bits per heavy atom. The van der Waals surface area contributed by atoms with Crippen LogP contribution in [0.2, 0.25) is 0 Å². The topological polar surface area (TPSA) is 14.1 Å². The summed E-state index contributed by atoms with van der Waals surface area (Å²) in [4.78, 5) is 0. The van der Waals surface area contributed by atoms with E-state index in [4.69, 9.17) is 0 Å². The van der Waals surface area contributed by atoms with Crippen molar-refractivity contribution in [2.75, 3.05) is 6.54 Å². The standard InChI is InChI=1S/C8H14N.C2H6.Rb/c1-7(2)6-8-4-3-5-9-8;1-2;/h8H,1,3-6H2,2H3;1-2H3;/q-1;;+1. The molecule has 66 valence electrons. The van der Waals surface area contributed by atoms with Gasteiger partial charge in [0, 0.05) is 0 Å². The van der Waals surface area contributed by atoms with Gasteiger partial charge in [-0.05, 0) is 13.3 Å². The molecule has 1 fully saturated rings. The molecule has 2 heteroatoms. The number of nitrogens with zero attached hydrogens (tertiary/aromatic N) is 1. The van der Waals surface area contributed by atoms with Crippen LogP contribution in [0.3, 0.4) is 0 Å². The number of hydrogen-bond acceptors (Lipinski definition) is 0. The summed E-state index contributed by atoms with van der Waals surface area (Å²) in [6, 6.07) is 0.613. The minimum absolute atomic E-state index is 0.